The van der Waals surface area contributed by atoms with Crippen LogP contribution in [0, 0.1) is 0 Å². The average Bonchev–Trinajstić information content (AvgIpc) is 2.77. The number of hydrogen-bond donors (Lipinski definition) is 2. The minimum atomic E-state index is -3.76. The van der Waals surface area contributed by atoms with Crippen LogP contribution in [0.1, 0.15) is 12.5 Å². The van der Waals surface area contributed by atoms with Crippen molar-refractivity contribution in [2.75, 3.05) is 17.7 Å². The first-order chi connectivity index (χ1) is 13.3. The lowest BCUT2D eigenvalue weighted by Crippen LogP contribution is -2.54. The summed E-state index contributed by atoms with van der Waals surface area (Å²) in [6.07, 6.45) is 0. The minimum absolute atomic E-state index is 0. The number of carbonyl (C=O) groups is 2. The second-order valence-corrected chi connectivity index (χ2v) is 8.73. The Balaban J connectivity index is 0.00000300. The van der Waals surface area contributed by atoms with Crippen molar-refractivity contribution < 1.29 is 18.0 Å². The fourth-order valence-corrected chi connectivity index (χ4v) is 4.72. The molecule has 0 spiro atoms. The van der Waals surface area contributed by atoms with E-state index < -0.39 is 39.5 Å². The van der Waals surface area contributed by atoms with E-state index in [0.29, 0.717) is 5.69 Å². The summed E-state index contributed by atoms with van der Waals surface area (Å²) in [6, 6.07) is 14.0. The number of fused-ring (bicyclic) bond motifs is 1. The third-order valence-electron chi connectivity index (χ3n) is 4.77. The zero-order chi connectivity index (χ0) is 20.3. The lowest BCUT2D eigenvalue weighted by molar-refractivity contribution is -0.128. The van der Waals surface area contributed by atoms with Crippen molar-refractivity contribution in [1.82, 2.24) is 10.6 Å². The van der Waals surface area contributed by atoms with Gasteiger partial charge in [0.05, 0.1) is 28.9 Å². The molecule has 1 heterocycles. The molecular weight excluding hydrogens is 414 g/mol. The van der Waals surface area contributed by atoms with E-state index in [4.69, 9.17) is 0 Å². The summed E-state index contributed by atoms with van der Waals surface area (Å²) in [5, 5.41) is 5.38. The smallest absolute Gasteiger partial charge is 0.250 e. The zero-order valence-electron chi connectivity index (χ0n) is 16.2. The molecule has 2 atom stereocenters. The van der Waals surface area contributed by atoms with Crippen LogP contribution >= 0.6 is 12.4 Å². The number of rotatable bonds is 5. The van der Waals surface area contributed by atoms with Crippen LogP contribution in [0.3, 0.4) is 0 Å². The van der Waals surface area contributed by atoms with Crippen LogP contribution in [0.2, 0.25) is 0 Å². The number of halogens is 1. The molecule has 0 bridgehead atoms. The summed E-state index contributed by atoms with van der Waals surface area (Å²) in [7, 11) is -2.14. The largest absolute Gasteiger partial charge is 0.342 e. The number of carbonyl (C=O) groups excluding carboxylic acids is 2. The van der Waals surface area contributed by atoms with E-state index in [-0.39, 0.29) is 23.8 Å². The highest BCUT2D eigenvalue weighted by molar-refractivity contribution is 7.91. The monoisotopic (exact) mass is 437 g/mol. The van der Waals surface area contributed by atoms with Gasteiger partial charge in [0, 0.05) is 0 Å². The summed E-state index contributed by atoms with van der Waals surface area (Å²) in [5.74, 6) is -1.35. The molecule has 9 heteroatoms. The van der Waals surface area contributed by atoms with Crippen molar-refractivity contribution in [3.05, 3.63) is 60.2 Å². The van der Waals surface area contributed by atoms with Crippen molar-refractivity contribution in [2.45, 2.75) is 30.4 Å². The number of amides is 2. The maximum absolute atomic E-state index is 13.3. The van der Waals surface area contributed by atoms with E-state index in [9.17, 15) is 18.0 Å². The summed E-state index contributed by atoms with van der Waals surface area (Å²) in [5.41, 5.74) is 1.19. The molecule has 0 radical (unpaired) electrons. The molecule has 0 saturated heterocycles. The van der Waals surface area contributed by atoms with E-state index in [1.807, 2.05) is 30.3 Å². The molecule has 0 saturated carbocycles. The van der Waals surface area contributed by atoms with E-state index in [1.165, 1.54) is 11.0 Å². The molecule has 7 nitrogen and oxygen atoms in total. The van der Waals surface area contributed by atoms with Gasteiger partial charge in [-0.3, -0.25) is 9.59 Å². The van der Waals surface area contributed by atoms with Gasteiger partial charge >= 0.3 is 0 Å². The predicted molar refractivity (Wildman–Crippen MR) is 114 cm³/mol. The molecule has 0 aromatic heterocycles. The quantitative estimate of drug-likeness (QED) is 0.739. The number of anilines is 1. The van der Waals surface area contributed by atoms with Crippen LogP contribution in [0.4, 0.5) is 5.69 Å². The van der Waals surface area contributed by atoms with Gasteiger partial charge in [0.25, 0.3) is 5.91 Å². The Hall–Kier alpha value is -2.42. The Morgan fingerprint density at radius 2 is 1.76 bits per heavy atom. The van der Waals surface area contributed by atoms with Crippen LogP contribution in [0.15, 0.2) is 59.5 Å². The summed E-state index contributed by atoms with van der Waals surface area (Å²) < 4.78 is 25.8. The molecular formula is C20H24ClN3O4S. The SMILES string of the molecule is CN[C@@H](C)C(=O)NC1CS(=O)(=O)c2ccccc2N(Cc2ccccc2)C1=O.Cl. The van der Waals surface area contributed by atoms with Gasteiger partial charge in [0.2, 0.25) is 5.91 Å². The summed E-state index contributed by atoms with van der Waals surface area (Å²) >= 11 is 0. The van der Waals surface area contributed by atoms with Crippen LogP contribution in [0.5, 0.6) is 0 Å². The van der Waals surface area contributed by atoms with Crippen LogP contribution < -0.4 is 15.5 Å². The lowest BCUT2D eigenvalue weighted by Gasteiger charge is -2.26. The number of nitrogens with one attached hydrogen (secondary N) is 2. The molecule has 0 fully saturated rings. The Bertz CT molecular complexity index is 982. The fourth-order valence-electron chi connectivity index (χ4n) is 3.09. The first kappa shape index (κ1) is 22.9. The number of likely N-dealkylation sites (N-methyl/N-ethyl adjacent to an activating group) is 1. The molecule has 1 aliphatic rings. The number of nitrogens with zero attached hydrogens (tertiary/aromatic N) is 1. The van der Waals surface area contributed by atoms with Crippen molar-refractivity contribution in [3.63, 3.8) is 0 Å². The third kappa shape index (κ3) is 4.95. The molecule has 1 aliphatic heterocycles. The van der Waals surface area contributed by atoms with Crippen LogP contribution in [-0.4, -0.2) is 45.1 Å². The maximum Gasteiger partial charge on any atom is 0.250 e. The van der Waals surface area contributed by atoms with Crippen LogP contribution in [0.25, 0.3) is 0 Å². The Labute approximate surface area is 176 Å². The number of benzene rings is 2. The molecule has 29 heavy (non-hydrogen) atoms. The summed E-state index contributed by atoms with van der Waals surface area (Å²) in [4.78, 5) is 27.1. The fraction of sp³-hybridized carbons (Fsp3) is 0.300. The maximum atomic E-state index is 13.3. The van der Waals surface area contributed by atoms with Gasteiger partial charge in [-0.25, -0.2) is 8.42 Å². The number of para-hydroxylation sites is 1. The van der Waals surface area contributed by atoms with Gasteiger partial charge in [0.1, 0.15) is 6.04 Å². The van der Waals surface area contributed by atoms with E-state index in [0.717, 1.165) is 5.56 Å². The molecule has 1 unspecified atom stereocenters. The normalized spacial score (nSPS) is 18.8. The molecule has 2 N–H and O–H groups in total. The van der Waals surface area contributed by atoms with Gasteiger partial charge in [-0.2, -0.15) is 0 Å². The van der Waals surface area contributed by atoms with Gasteiger partial charge in [-0.15, -0.1) is 12.4 Å². The van der Waals surface area contributed by atoms with Gasteiger partial charge in [-0.05, 0) is 31.7 Å². The molecule has 3 rings (SSSR count). The van der Waals surface area contributed by atoms with Crippen LogP contribution in [-0.2, 0) is 26.0 Å². The summed E-state index contributed by atoms with van der Waals surface area (Å²) in [6.45, 7) is 1.85. The highest BCUT2D eigenvalue weighted by atomic mass is 35.5. The second kappa shape index (κ2) is 9.39. The zero-order valence-corrected chi connectivity index (χ0v) is 17.8. The Morgan fingerprint density at radius 3 is 2.41 bits per heavy atom. The molecule has 2 aromatic carbocycles. The van der Waals surface area contributed by atoms with E-state index in [1.54, 1.807) is 32.2 Å². The standard InChI is InChI=1S/C20H23N3O4S.ClH/c1-14(21-2)19(24)22-16-13-28(26,27)18-11-7-6-10-17(18)23(20(16)25)12-15-8-4-3-5-9-15;/h3-11,14,16,21H,12-13H2,1-2H3,(H,22,24);1H/t14-,16?;/m0./s1. The second-order valence-electron chi connectivity index (χ2n) is 6.73. The first-order valence-corrected chi connectivity index (χ1v) is 10.6. The Morgan fingerprint density at radius 1 is 1.14 bits per heavy atom. The van der Waals surface area contributed by atoms with Gasteiger partial charge < -0.3 is 15.5 Å². The topological polar surface area (TPSA) is 95.6 Å². The minimum Gasteiger partial charge on any atom is -0.342 e. The number of hydrogen-bond acceptors (Lipinski definition) is 5. The van der Waals surface area contributed by atoms with Gasteiger partial charge in [0.15, 0.2) is 9.84 Å². The lowest BCUT2D eigenvalue weighted by atomic mass is 10.1. The molecule has 0 aliphatic carbocycles. The number of sulfone groups is 1. The van der Waals surface area contributed by atoms with E-state index >= 15 is 0 Å². The van der Waals surface area contributed by atoms with Crippen molar-refractivity contribution in [1.29, 1.82) is 0 Å². The highest BCUT2D eigenvalue weighted by Gasteiger charge is 2.38. The third-order valence-corrected chi connectivity index (χ3v) is 6.56. The Kier molecular flexibility index (Phi) is 7.40. The molecule has 2 amide bonds. The van der Waals surface area contributed by atoms with Crippen molar-refractivity contribution in [3.8, 4) is 0 Å². The average molecular weight is 438 g/mol. The van der Waals surface area contributed by atoms with Crippen molar-refractivity contribution >= 4 is 39.7 Å². The highest BCUT2D eigenvalue weighted by Crippen LogP contribution is 2.31. The molecule has 156 valence electrons. The van der Waals surface area contributed by atoms with Crippen molar-refractivity contribution in [2.24, 2.45) is 0 Å². The van der Waals surface area contributed by atoms with E-state index in [2.05, 4.69) is 10.6 Å². The first-order valence-electron chi connectivity index (χ1n) is 8.98. The van der Waals surface area contributed by atoms with Gasteiger partial charge in [-0.1, -0.05) is 42.5 Å². The predicted octanol–water partition coefficient (Wildman–Crippen LogP) is 1.52. The molecule has 2 aromatic rings.